The monoisotopic (exact) mass is 644 g/mol. The molecule has 0 radical (unpaired) electrons. The average Bonchev–Trinajstić information content (AvgIpc) is 3.13. The van der Waals surface area contributed by atoms with Crippen LogP contribution in [0, 0.1) is 11.8 Å². The third-order valence-corrected chi connectivity index (χ3v) is 10.5. The third kappa shape index (κ3) is 4.76. The highest BCUT2D eigenvalue weighted by atomic mass is 16.6. The first-order valence-corrected chi connectivity index (χ1v) is 16.3. The molecule has 1 spiro atoms. The van der Waals surface area contributed by atoms with Crippen LogP contribution in [0.25, 0.3) is 6.08 Å². The highest BCUT2D eigenvalue weighted by molar-refractivity contribution is 6.19. The van der Waals surface area contributed by atoms with E-state index in [9.17, 15) is 29.7 Å². The van der Waals surface area contributed by atoms with Crippen molar-refractivity contribution in [3.63, 3.8) is 0 Å². The van der Waals surface area contributed by atoms with Gasteiger partial charge in [-0.2, -0.15) is 0 Å². The molecule has 6 aliphatic rings. The number of carbonyl (C=O) groups is 3. The van der Waals surface area contributed by atoms with Gasteiger partial charge >= 0.3 is 5.97 Å². The number of aromatic hydroxyl groups is 1. The number of benzene rings is 1. The summed E-state index contributed by atoms with van der Waals surface area (Å²) in [5, 5.41) is 31.2. The molecule has 4 bridgehead atoms. The minimum absolute atomic E-state index is 0.0173. The Morgan fingerprint density at radius 1 is 1.02 bits per heavy atom. The number of rotatable bonds is 9. The van der Waals surface area contributed by atoms with Gasteiger partial charge in [-0.3, -0.25) is 9.59 Å². The second-order valence-corrected chi connectivity index (χ2v) is 14.8. The number of aliphatic hydroxyl groups is 1. The lowest BCUT2D eigenvalue weighted by atomic mass is 9.51. The predicted octanol–water partition coefficient (Wildman–Crippen LogP) is 6.21. The second-order valence-electron chi connectivity index (χ2n) is 14.8. The minimum Gasteiger partial charge on any atom is -0.506 e. The quantitative estimate of drug-likeness (QED) is 0.211. The summed E-state index contributed by atoms with van der Waals surface area (Å²) in [6.07, 6.45) is 12.8. The summed E-state index contributed by atoms with van der Waals surface area (Å²) in [6.45, 7) is 13.0. The van der Waals surface area contributed by atoms with Crippen LogP contribution in [0.2, 0.25) is 0 Å². The summed E-state index contributed by atoms with van der Waals surface area (Å²) in [5.41, 5.74) is -1.79. The molecular formula is C38H44O9. The van der Waals surface area contributed by atoms with Gasteiger partial charge in [0.25, 0.3) is 0 Å². The molecule has 3 aliphatic heterocycles. The molecule has 3 aliphatic carbocycles. The Hall–Kier alpha value is -3.95. The number of fused-ring (bicyclic) bond motifs is 2. The first-order chi connectivity index (χ1) is 22.0. The molecule has 1 saturated carbocycles. The summed E-state index contributed by atoms with van der Waals surface area (Å²) in [5.74, 6) is -2.84. The van der Waals surface area contributed by atoms with Crippen molar-refractivity contribution in [1.82, 2.24) is 0 Å². The zero-order chi connectivity index (χ0) is 34.3. The fraction of sp³-hybridized carbons (Fsp3) is 0.500. The van der Waals surface area contributed by atoms with Gasteiger partial charge in [0.15, 0.2) is 22.8 Å². The van der Waals surface area contributed by atoms with E-state index in [2.05, 4.69) is 6.08 Å². The fourth-order valence-corrected chi connectivity index (χ4v) is 8.27. The number of phenols is 1. The number of Topliss-reactive ketones (excluding diaryl/α,β-unsaturated/α-hetero) is 2. The van der Waals surface area contributed by atoms with Crippen molar-refractivity contribution in [3.8, 4) is 17.2 Å². The van der Waals surface area contributed by atoms with E-state index in [1.165, 1.54) is 11.6 Å². The Bertz CT molecular complexity index is 1750. The van der Waals surface area contributed by atoms with E-state index in [0.29, 0.717) is 36.1 Å². The van der Waals surface area contributed by atoms with Gasteiger partial charge in [0, 0.05) is 29.4 Å². The average molecular weight is 645 g/mol. The third-order valence-electron chi connectivity index (χ3n) is 10.5. The van der Waals surface area contributed by atoms with Crippen molar-refractivity contribution in [2.45, 2.75) is 103 Å². The highest BCUT2D eigenvalue weighted by Crippen LogP contribution is 2.68. The summed E-state index contributed by atoms with van der Waals surface area (Å²) in [6, 6.07) is 0. The summed E-state index contributed by atoms with van der Waals surface area (Å²) < 4.78 is 20.5. The Morgan fingerprint density at radius 3 is 2.36 bits per heavy atom. The van der Waals surface area contributed by atoms with Crippen LogP contribution in [0.15, 0.2) is 52.7 Å². The van der Waals surface area contributed by atoms with Crippen LogP contribution in [0.3, 0.4) is 0 Å². The number of allylic oxidation sites excluding steroid dienone is 5. The van der Waals surface area contributed by atoms with Crippen LogP contribution in [-0.2, 0) is 20.7 Å². The van der Waals surface area contributed by atoms with Crippen molar-refractivity contribution in [2.24, 2.45) is 11.8 Å². The van der Waals surface area contributed by atoms with E-state index in [0.717, 1.165) is 12.0 Å². The molecule has 2 fully saturated rings. The summed E-state index contributed by atoms with van der Waals surface area (Å²) in [4.78, 5) is 40.9. The molecule has 5 atom stereocenters. The van der Waals surface area contributed by atoms with Crippen LogP contribution < -0.4 is 9.47 Å². The minimum atomic E-state index is -1.74. The van der Waals surface area contributed by atoms with E-state index >= 15 is 0 Å². The van der Waals surface area contributed by atoms with Crippen molar-refractivity contribution in [2.75, 3.05) is 6.61 Å². The zero-order valence-electron chi connectivity index (χ0n) is 28.2. The van der Waals surface area contributed by atoms with Gasteiger partial charge in [-0.15, -0.1) is 0 Å². The van der Waals surface area contributed by atoms with Gasteiger partial charge in [-0.25, -0.2) is 4.79 Å². The Kier molecular flexibility index (Phi) is 7.76. The molecule has 0 unspecified atom stereocenters. The van der Waals surface area contributed by atoms with E-state index in [4.69, 9.17) is 14.2 Å². The normalized spacial score (nSPS) is 30.8. The number of aliphatic hydroxyl groups excluding tert-OH is 1. The lowest BCUT2D eigenvalue weighted by Crippen LogP contribution is -2.72. The largest absolute Gasteiger partial charge is 0.506 e. The Balaban J connectivity index is 1.59. The molecule has 1 saturated heterocycles. The number of hydrogen-bond acceptors (Lipinski definition) is 8. The van der Waals surface area contributed by atoms with Crippen LogP contribution >= 0.6 is 0 Å². The van der Waals surface area contributed by atoms with Gasteiger partial charge in [0.1, 0.15) is 28.4 Å². The molecule has 0 aromatic heterocycles. The number of carboxylic acids is 1. The standard InChI is InChI=1S/C38H44O9/c1-20(2)9-8-14-36(7)15-13-24-29(40)28-30(41)26-17-23-18-27-35(5,6)47-37(33(23)42,16-12-22(19-39)34(43)44)38(26,27)46-32(28)25(31(24)45-36)11-10-21(3)4/h9-10,12-13,15,17,23,27,39-40H,8,11,14,16,18-19H2,1-7H3,(H,43,44)/t23-,27+,36+,37+,38-/m1/s1. The second kappa shape index (κ2) is 11.1. The van der Waals surface area contributed by atoms with Crippen molar-refractivity contribution in [3.05, 3.63) is 69.4 Å². The maximum Gasteiger partial charge on any atom is 0.333 e. The first-order valence-electron chi connectivity index (χ1n) is 16.3. The number of ether oxygens (including phenoxy) is 3. The number of carboxylic acid groups (broad SMARTS) is 1. The molecule has 1 aromatic carbocycles. The molecule has 9 nitrogen and oxygen atoms in total. The van der Waals surface area contributed by atoms with Gasteiger partial charge in [0.05, 0.1) is 23.3 Å². The van der Waals surface area contributed by atoms with Crippen molar-refractivity contribution < 1.29 is 43.9 Å². The highest BCUT2D eigenvalue weighted by Gasteiger charge is 2.81. The maximum atomic E-state index is 14.7. The SMILES string of the molecule is CC(C)=CCC[C@@]1(C)C=Cc2c(O)c3c(c(CC=C(C)C)c2O1)O[C@]12C(=C[C@@H]4C[C@H]1C(C)(C)O[C@@]2(CC=C(CO)C(=O)O)C4=O)C3=O. The molecule has 250 valence electrons. The molecule has 9 heteroatoms. The number of hydrogen-bond donors (Lipinski definition) is 3. The van der Waals surface area contributed by atoms with Gasteiger partial charge < -0.3 is 29.5 Å². The molecule has 3 heterocycles. The van der Waals surface area contributed by atoms with Crippen LogP contribution in [0.4, 0.5) is 0 Å². The molecule has 47 heavy (non-hydrogen) atoms. The van der Waals surface area contributed by atoms with Gasteiger partial charge in [0.2, 0.25) is 0 Å². The summed E-state index contributed by atoms with van der Waals surface area (Å²) >= 11 is 0. The first kappa shape index (κ1) is 33.0. The number of phenolic OH excluding ortho intramolecular Hbond substituents is 1. The Labute approximate surface area is 275 Å². The lowest BCUT2D eigenvalue weighted by molar-refractivity contribution is -0.171. The molecule has 7 rings (SSSR count). The topological polar surface area (TPSA) is 140 Å². The molecule has 0 amide bonds. The van der Waals surface area contributed by atoms with E-state index in [1.54, 1.807) is 6.08 Å². The molecular weight excluding hydrogens is 600 g/mol. The van der Waals surface area contributed by atoms with Gasteiger partial charge in [-0.05, 0) is 86.3 Å². The number of aliphatic carboxylic acids is 1. The fourth-order valence-electron chi connectivity index (χ4n) is 8.27. The van der Waals surface area contributed by atoms with Crippen molar-refractivity contribution in [1.29, 1.82) is 0 Å². The Morgan fingerprint density at radius 2 is 1.72 bits per heavy atom. The number of carbonyl (C=O) groups excluding carboxylic acids is 2. The number of ketones is 2. The zero-order valence-corrected chi connectivity index (χ0v) is 28.2. The van der Waals surface area contributed by atoms with E-state index in [1.807, 2.05) is 66.7 Å². The van der Waals surface area contributed by atoms with Crippen molar-refractivity contribution >= 4 is 23.6 Å². The summed E-state index contributed by atoms with van der Waals surface area (Å²) in [7, 11) is 0. The van der Waals surface area contributed by atoms with Crippen LogP contribution in [0.5, 0.6) is 17.2 Å². The molecule has 1 aromatic rings. The van der Waals surface area contributed by atoms with E-state index < -0.39 is 52.6 Å². The van der Waals surface area contributed by atoms with Crippen LogP contribution in [-0.4, -0.2) is 61.9 Å². The van der Waals surface area contributed by atoms with E-state index in [-0.39, 0.29) is 40.4 Å². The maximum absolute atomic E-state index is 14.7. The van der Waals surface area contributed by atoms with Crippen LogP contribution in [0.1, 0.15) is 95.6 Å². The lowest BCUT2D eigenvalue weighted by Gasteiger charge is -2.56. The predicted molar refractivity (Wildman–Crippen MR) is 176 cm³/mol. The van der Waals surface area contributed by atoms with Gasteiger partial charge in [-0.1, -0.05) is 35.5 Å². The molecule has 3 N–H and O–H groups in total. The smallest absolute Gasteiger partial charge is 0.333 e.